The van der Waals surface area contributed by atoms with Crippen molar-refractivity contribution in [2.75, 3.05) is 0 Å². The monoisotopic (exact) mass is 211 g/mol. The molecule has 0 heterocycles. The lowest BCUT2D eigenvalue weighted by atomic mass is 10.1. The molecule has 0 bridgehead atoms. The lowest BCUT2D eigenvalue weighted by molar-refractivity contribution is 0.115. The predicted molar refractivity (Wildman–Crippen MR) is 46.6 cm³/mol. The summed E-state index contributed by atoms with van der Waals surface area (Å²) in [5, 5.41) is 0. The number of hydrogen-bond acceptors (Lipinski definition) is 1. The first-order valence-corrected chi connectivity index (χ1v) is 3.41. The molecule has 0 saturated heterocycles. The van der Waals surface area contributed by atoms with Crippen LogP contribution in [0.1, 0.15) is 11.6 Å². The molecule has 1 aromatic carbocycles. The van der Waals surface area contributed by atoms with Crippen LogP contribution in [-0.4, -0.2) is 6.43 Å². The van der Waals surface area contributed by atoms with Gasteiger partial charge in [-0.2, -0.15) is 0 Å². The third-order valence-corrected chi connectivity index (χ3v) is 1.54. The molecular weight excluding hydrogens is 203 g/mol. The largest absolute Gasteiger partial charge is 0.319 e. The van der Waals surface area contributed by atoms with Crippen molar-refractivity contribution in [1.29, 1.82) is 0 Å². The third-order valence-electron chi connectivity index (χ3n) is 1.54. The molecule has 1 nitrogen and oxygen atoms in total. The van der Waals surface area contributed by atoms with Gasteiger partial charge < -0.3 is 5.73 Å². The number of halogens is 4. The Labute approximate surface area is 80.2 Å². The topological polar surface area (TPSA) is 26.0 Å². The van der Waals surface area contributed by atoms with Gasteiger partial charge in [0.2, 0.25) is 0 Å². The van der Waals surface area contributed by atoms with E-state index < -0.39 is 18.3 Å². The number of benzene rings is 1. The molecule has 0 saturated carbocycles. The van der Waals surface area contributed by atoms with Gasteiger partial charge in [-0.25, -0.2) is 13.2 Å². The van der Waals surface area contributed by atoms with Crippen LogP contribution < -0.4 is 5.73 Å². The summed E-state index contributed by atoms with van der Waals surface area (Å²) in [6.07, 6.45) is -2.73. The second kappa shape index (κ2) is 5.09. The lowest BCUT2D eigenvalue weighted by Crippen LogP contribution is -2.20. The molecular formula is C8H9ClF3N. The maximum absolute atomic E-state index is 12.8. The van der Waals surface area contributed by atoms with Crippen LogP contribution in [0.25, 0.3) is 0 Å². The molecule has 0 fully saturated rings. The van der Waals surface area contributed by atoms with Crippen molar-refractivity contribution in [2.45, 2.75) is 12.5 Å². The molecule has 0 unspecified atom stereocenters. The normalized spacial score (nSPS) is 12.4. The van der Waals surface area contributed by atoms with E-state index in [0.29, 0.717) is 0 Å². The average Bonchev–Trinajstić information content (AvgIpc) is 2.04. The standard InChI is InChI=1S/C8H8F3N.ClH/c9-6-4-2-1-3-5(6)7(12)8(10)11;/h1-4,7-8H,12H2;1H/t7-;/m0./s1. The second-order valence-corrected chi connectivity index (χ2v) is 2.38. The fourth-order valence-corrected chi connectivity index (χ4v) is 0.881. The molecule has 74 valence electrons. The fourth-order valence-electron chi connectivity index (χ4n) is 0.881. The van der Waals surface area contributed by atoms with E-state index in [1.165, 1.54) is 18.2 Å². The van der Waals surface area contributed by atoms with Gasteiger partial charge in [-0.3, -0.25) is 0 Å². The quantitative estimate of drug-likeness (QED) is 0.799. The molecule has 2 N–H and O–H groups in total. The Kier molecular flexibility index (Phi) is 4.80. The Bertz CT molecular complexity index is 267. The minimum Gasteiger partial charge on any atom is -0.319 e. The van der Waals surface area contributed by atoms with Gasteiger partial charge in [-0.05, 0) is 6.07 Å². The van der Waals surface area contributed by atoms with Crippen LogP contribution in [-0.2, 0) is 0 Å². The number of hydrogen-bond donors (Lipinski definition) is 1. The summed E-state index contributed by atoms with van der Waals surface area (Å²) < 4.78 is 36.8. The molecule has 0 spiro atoms. The Morgan fingerprint density at radius 1 is 1.15 bits per heavy atom. The lowest BCUT2D eigenvalue weighted by Gasteiger charge is -2.10. The van der Waals surface area contributed by atoms with E-state index in [9.17, 15) is 13.2 Å². The summed E-state index contributed by atoms with van der Waals surface area (Å²) in [7, 11) is 0. The Morgan fingerprint density at radius 3 is 2.15 bits per heavy atom. The molecule has 1 rings (SSSR count). The van der Waals surface area contributed by atoms with E-state index in [1.807, 2.05) is 0 Å². The Balaban J connectivity index is 0.00000144. The maximum atomic E-state index is 12.8. The Hall–Kier alpha value is -0.740. The van der Waals surface area contributed by atoms with Crippen LogP contribution in [0, 0.1) is 5.82 Å². The molecule has 0 radical (unpaired) electrons. The highest BCUT2D eigenvalue weighted by Crippen LogP contribution is 2.19. The molecule has 5 heteroatoms. The van der Waals surface area contributed by atoms with Gasteiger partial charge in [0.05, 0.1) is 6.04 Å². The summed E-state index contributed by atoms with van der Waals surface area (Å²) in [6, 6.07) is 3.73. The van der Waals surface area contributed by atoms with Crippen molar-refractivity contribution in [3.8, 4) is 0 Å². The van der Waals surface area contributed by atoms with Gasteiger partial charge >= 0.3 is 0 Å². The van der Waals surface area contributed by atoms with Gasteiger partial charge in [0.25, 0.3) is 6.43 Å². The summed E-state index contributed by atoms with van der Waals surface area (Å²) in [6.45, 7) is 0. The molecule has 0 aliphatic heterocycles. The number of alkyl halides is 2. The number of rotatable bonds is 2. The minimum absolute atomic E-state index is 0. The minimum atomic E-state index is -2.73. The second-order valence-electron chi connectivity index (χ2n) is 2.38. The van der Waals surface area contributed by atoms with Gasteiger partial charge in [-0.15, -0.1) is 12.4 Å². The van der Waals surface area contributed by atoms with Crippen LogP contribution in [0.5, 0.6) is 0 Å². The van der Waals surface area contributed by atoms with Crippen molar-refractivity contribution in [2.24, 2.45) is 5.73 Å². The fraction of sp³-hybridized carbons (Fsp3) is 0.250. The highest BCUT2D eigenvalue weighted by Gasteiger charge is 2.19. The van der Waals surface area contributed by atoms with Crippen molar-refractivity contribution >= 4 is 12.4 Å². The summed E-state index contributed by atoms with van der Waals surface area (Å²) in [5.41, 5.74) is 4.90. The molecule has 0 aliphatic carbocycles. The maximum Gasteiger partial charge on any atom is 0.257 e. The smallest absolute Gasteiger partial charge is 0.257 e. The first-order chi connectivity index (χ1) is 5.63. The summed E-state index contributed by atoms with van der Waals surface area (Å²) in [5.74, 6) is -0.690. The SMILES string of the molecule is Cl.N[C@@H](c1ccccc1F)C(F)F. The molecule has 1 aromatic rings. The van der Waals surface area contributed by atoms with Gasteiger partial charge in [0.15, 0.2) is 0 Å². The first kappa shape index (κ1) is 12.3. The molecule has 0 aromatic heterocycles. The van der Waals surface area contributed by atoms with E-state index in [-0.39, 0.29) is 18.0 Å². The van der Waals surface area contributed by atoms with Crippen LogP contribution in [0.15, 0.2) is 24.3 Å². The zero-order valence-electron chi connectivity index (χ0n) is 6.58. The van der Waals surface area contributed by atoms with Crippen LogP contribution in [0.3, 0.4) is 0 Å². The van der Waals surface area contributed by atoms with Crippen molar-refractivity contribution in [3.63, 3.8) is 0 Å². The van der Waals surface area contributed by atoms with Crippen LogP contribution >= 0.6 is 12.4 Å². The molecule has 1 atom stereocenters. The van der Waals surface area contributed by atoms with Gasteiger partial charge in [0.1, 0.15) is 5.82 Å². The van der Waals surface area contributed by atoms with Crippen molar-refractivity contribution in [1.82, 2.24) is 0 Å². The predicted octanol–water partition coefficient (Wildman–Crippen LogP) is 2.51. The highest BCUT2D eigenvalue weighted by molar-refractivity contribution is 5.85. The third kappa shape index (κ3) is 2.90. The van der Waals surface area contributed by atoms with Gasteiger partial charge in [-0.1, -0.05) is 18.2 Å². The summed E-state index contributed by atoms with van der Waals surface area (Å²) in [4.78, 5) is 0. The van der Waals surface area contributed by atoms with E-state index in [0.717, 1.165) is 6.07 Å². The zero-order chi connectivity index (χ0) is 9.14. The van der Waals surface area contributed by atoms with Crippen molar-refractivity contribution in [3.05, 3.63) is 35.6 Å². The first-order valence-electron chi connectivity index (χ1n) is 3.41. The van der Waals surface area contributed by atoms with E-state index in [4.69, 9.17) is 5.73 Å². The summed E-state index contributed by atoms with van der Waals surface area (Å²) >= 11 is 0. The molecule has 13 heavy (non-hydrogen) atoms. The molecule has 0 aliphatic rings. The average molecular weight is 212 g/mol. The number of nitrogens with two attached hydrogens (primary N) is 1. The van der Waals surface area contributed by atoms with E-state index in [2.05, 4.69) is 0 Å². The molecule has 0 amide bonds. The Morgan fingerprint density at radius 2 is 1.69 bits per heavy atom. The van der Waals surface area contributed by atoms with Crippen molar-refractivity contribution < 1.29 is 13.2 Å². The van der Waals surface area contributed by atoms with Gasteiger partial charge in [0, 0.05) is 5.56 Å². The zero-order valence-corrected chi connectivity index (χ0v) is 7.40. The van der Waals surface area contributed by atoms with E-state index >= 15 is 0 Å². The van der Waals surface area contributed by atoms with Crippen LogP contribution in [0.2, 0.25) is 0 Å². The highest BCUT2D eigenvalue weighted by atomic mass is 35.5. The van der Waals surface area contributed by atoms with Crippen LogP contribution in [0.4, 0.5) is 13.2 Å². The van der Waals surface area contributed by atoms with E-state index in [1.54, 1.807) is 0 Å².